The lowest BCUT2D eigenvalue weighted by Crippen LogP contribution is -2.59. The molecule has 2 aromatic carbocycles. The summed E-state index contributed by atoms with van der Waals surface area (Å²) >= 11 is 0. The lowest BCUT2D eigenvalue weighted by molar-refractivity contribution is -0.131. The highest BCUT2D eigenvalue weighted by Gasteiger charge is 2.44. The second-order valence-corrected chi connectivity index (χ2v) is 18.1. The summed E-state index contributed by atoms with van der Waals surface area (Å²) in [6.07, 6.45) is 1.26. The van der Waals surface area contributed by atoms with Crippen LogP contribution in [0.15, 0.2) is 97.2 Å². The number of hydrogen-bond acceptors (Lipinski definition) is 8. The quantitative estimate of drug-likeness (QED) is 0.0940. The van der Waals surface area contributed by atoms with E-state index in [0.29, 0.717) is 38.9 Å². The summed E-state index contributed by atoms with van der Waals surface area (Å²) in [6, 6.07) is 25.8. The molecule has 1 fully saturated rings. The van der Waals surface area contributed by atoms with E-state index in [-0.39, 0.29) is 18.4 Å². The van der Waals surface area contributed by atoms with Crippen LogP contribution in [0, 0.1) is 17.8 Å². The van der Waals surface area contributed by atoms with Crippen molar-refractivity contribution in [2.45, 2.75) is 111 Å². The fourth-order valence-electron chi connectivity index (χ4n) is 7.88. The van der Waals surface area contributed by atoms with E-state index in [1.807, 2.05) is 139 Å². The highest BCUT2D eigenvalue weighted by molar-refractivity contribution is 5.89. The van der Waals surface area contributed by atoms with Crippen LogP contribution in [0.25, 0.3) is 11.3 Å². The highest BCUT2D eigenvalue weighted by Crippen LogP contribution is 2.29. The molecule has 3 heterocycles. The smallest absolute Gasteiger partial charge is 0.407 e. The van der Waals surface area contributed by atoms with Gasteiger partial charge in [-0.05, 0) is 78.8 Å². The van der Waals surface area contributed by atoms with Crippen LogP contribution in [0.5, 0.6) is 0 Å². The Labute approximate surface area is 360 Å². The van der Waals surface area contributed by atoms with Gasteiger partial charge in [0.25, 0.3) is 0 Å². The number of amides is 5. The van der Waals surface area contributed by atoms with Gasteiger partial charge in [-0.1, -0.05) is 108 Å². The predicted molar refractivity (Wildman–Crippen MR) is 236 cm³/mol. The van der Waals surface area contributed by atoms with E-state index in [9.17, 15) is 24.3 Å². The van der Waals surface area contributed by atoms with E-state index in [4.69, 9.17) is 4.74 Å². The molecule has 0 radical (unpaired) electrons. The number of urea groups is 1. The molecule has 2 aromatic heterocycles. The molecule has 1 aliphatic heterocycles. The molecule has 1 aliphatic rings. The summed E-state index contributed by atoms with van der Waals surface area (Å²) in [6.45, 7) is 14.4. The van der Waals surface area contributed by atoms with Gasteiger partial charge in [0.15, 0.2) is 0 Å². The first-order valence-electron chi connectivity index (χ1n) is 21.1. The zero-order valence-corrected chi connectivity index (χ0v) is 36.9. The number of benzene rings is 2. The van der Waals surface area contributed by atoms with E-state index < -0.39 is 53.1 Å². The Morgan fingerprint density at radius 1 is 0.803 bits per heavy atom. The van der Waals surface area contributed by atoms with Crippen LogP contribution in [0.1, 0.15) is 76.9 Å². The number of rotatable bonds is 17. The van der Waals surface area contributed by atoms with Gasteiger partial charge >= 0.3 is 12.1 Å². The number of methoxy groups -OCH3 is 1. The molecule has 0 unspecified atom stereocenters. The van der Waals surface area contributed by atoms with Gasteiger partial charge in [0.05, 0.1) is 37.2 Å². The minimum Gasteiger partial charge on any atom is -0.453 e. The number of nitrogens with one attached hydrogen (secondary N) is 3. The van der Waals surface area contributed by atoms with Gasteiger partial charge in [0.1, 0.15) is 12.1 Å². The summed E-state index contributed by atoms with van der Waals surface area (Å²) < 4.78 is 4.83. The number of carbonyl (C=O) groups is 4. The van der Waals surface area contributed by atoms with E-state index in [0.717, 1.165) is 33.8 Å². The SMILES string of the molecule is COC(=O)N[C@H](C(=O)N[C@@H](Cc1ccccc1)C[C@H](O)[C@H](CCc1ccc(-c2ccccn2)cc1)NC(=O)[C@@H](N1CCN(Cc2cccc(C)n2)C1=O)C(C)(C)C)C(C)(C)C. The normalized spacial score (nSPS) is 15.7. The van der Waals surface area contributed by atoms with Crippen LogP contribution in [-0.4, -0.2) is 99.3 Å². The van der Waals surface area contributed by atoms with E-state index >= 15 is 0 Å². The van der Waals surface area contributed by atoms with Gasteiger partial charge in [0.2, 0.25) is 11.8 Å². The fraction of sp³-hybridized carbons (Fsp3) is 0.458. The molecule has 0 aliphatic carbocycles. The van der Waals surface area contributed by atoms with Crippen molar-refractivity contribution < 1.29 is 29.0 Å². The van der Waals surface area contributed by atoms with Crippen LogP contribution in [-0.2, 0) is 33.7 Å². The molecule has 61 heavy (non-hydrogen) atoms. The van der Waals surface area contributed by atoms with Gasteiger partial charge in [-0.2, -0.15) is 0 Å². The van der Waals surface area contributed by atoms with E-state index in [1.165, 1.54) is 7.11 Å². The van der Waals surface area contributed by atoms with Gasteiger partial charge < -0.3 is 35.6 Å². The molecule has 0 bridgehead atoms. The molecule has 326 valence electrons. The van der Waals surface area contributed by atoms with Crippen molar-refractivity contribution in [3.8, 4) is 11.3 Å². The second kappa shape index (κ2) is 20.6. The van der Waals surface area contributed by atoms with E-state index in [1.54, 1.807) is 16.0 Å². The van der Waals surface area contributed by atoms with Crippen LogP contribution >= 0.6 is 0 Å². The molecular weight excluding hydrogens is 771 g/mol. The number of aliphatic hydroxyl groups is 1. The Balaban J connectivity index is 1.41. The average Bonchev–Trinajstić information content (AvgIpc) is 3.55. The molecule has 4 aromatic rings. The summed E-state index contributed by atoms with van der Waals surface area (Å²) in [5, 5.41) is 21.2. The van der Waals surface area contributed by atoms with Crippen molar-refractivity contribution in [2.75, 3.05) is 20.2 Å². The van der Waals surface area contributed by atoms with Gasteiger partial charge in [0, 0.05) is 36.6 Å². The number of alkyl carbamates (subject to hydrolysis) is 1. The average molecular weight is 834 g/mol. The Morgan fingerprint density at radius 2 is 1.51 bits per heavy atom. The second-order valence-electron chi connectivity index (χ2n) is 18.1. The summed E-state index contributed by atoms with van der Waals surface area (Å²) in [4.78, 5) is 67.3. The van der Waals surface area contributed by atoms with Gasteiger partial charge in [-0.3, -0.25) is 19.6 Å². The van der Waals surface area contributed by atoms with Crippen molar-refractivity contribution in [3.63, 3.8) is 0 Å². The first kappa shape index (κ1) is 46.2. The Hall–Kier alpha value is -5.82. The van der Waals surface area contributed by atoms with Crippen molar-refractivity contribution in [2.24, 2.45) is 10.8 Å². The number of nitrogens with zero attached hydrogens (tertiary/aromatic N) is 4. The Bertz CT molecular complexity index is 2070. The van der Waals surface area contributed by atoms with Crippen molar-refractivity contribution in [1.29, 1.82) is 0 Å². The maximum Gasteiger partial charge on any atom is 0.407 e. The number of hydrogen-bond donors (Lipinski definition) is 4. The van der Waals surface area contributed by atoms with Gasteiger partial charge in [-0.15, -0.1) is 0 Å². The lowest BCUT2D eigenvalue weighted by atomic mass is 9.84. The minimum atomic E-state index is -1.12. The predicted octanol–water partition coefficient (Wildman–Crippen LogP) is 6.47. The topological polar surface area (TPSA) is 166 Å². The van der Waals surface area contributed by atoms with Crippen LogP contribution < -0.4 is 16.0 Å². The number of aromatic nitrogens is 2. The lowest BCUT2D eigenvalue weighted by Gasteiger charge is -2.38. The number of aliphatic hydroxyl groups excluding tert-OH is 1. The zero-order chi connectivity index (χ0) is 44.3. The minimum absolute atomic E-state index is 0.0827. The van der Waals surface area contributed by atoms with Crippen LogP contribution in [0.2, 0.25) is 0 Å². The molecular formula is C48H63N7O6. The standard InChI is InChI=1S/C48H63N7O6/c1-32-15-14-18-36(50-32)31-54-27-28-55(46(54)60)42(48(5,6)7)44(58)52-39(25-22-33-20-23-35(24-21-33)38-19-12-13-26-49-38)40(56)30-37(29-34-16-10-9-11-17-34)51-43(57)41(47(2,3)4)53-45(59)61-8/h9-21,23-24,26,37,39-42,56H,22,25,27-31H2,1-8H3,(H,51,57)(H,52,58)(H,53,59)/t37-,39-,40-,41+,42+/m0/s1. The summed E-state index contributed by atoms with van der Waals surface area (Å²) in [5.41, 5.74) is 4.07. The monoisotopic (exact) mass is 833 g/mol. The molecule has 5 rings (SSSR count). The first-order chi connectivity index (χ1) is 28.9. The highest BCUT2D eigenvalue weighted by atomic mass is 16.5. The Kier molecular flexibility index (Phi) is 15.6. The molecule has 13 nitrogen and oxygen atoms in total. The molecule has 0 spiro atoms. The van der Waals surface area contributed by atoms with Crippen molar-refractivity contribution in [1.82, 2.24) is 35.7 Å². The third-order valence-corrected chi connectivity index (χ3v) is 11.0. The molecule has 0 saturated carbocycles. The first-order valence-corrected chi connectivity index (χ1v) is 21.1. The number of aryl methyl sites for hydroxylation is 2. The van der Waals surface area contributed by atoms with Crippen LogP contribution in [0.4, 0.5) is 9.59 Å². The number of pyridine rings is 2. The van der Waals surface area contributed by atoms with Crippen molar-refractivity contribution in [3.05, 3.63) is 120 Å². The summed E-state index contributed by atoms with van der Waals surface area (Å²) in [5.74, 6) is -0.796. The molecule has 5 amide bonds. The van der Waals surface area contributed by atoms with Crippen LogP contribution in [0.3, 0.4) is 0 Å². The van der Waals surface area contributed by atoms with Gasteiger partial charge in [-0.25, -0.2) is 9.59 Å². The maximum absolute atomic E-state index is 14.7. The number of carbonyl (C=O) groups excluding carboxylic acids is 4. The molecule has 13 heteroatoms. The Morgan fingerprint density at radius 3 is 2.13 bits per heavy atom. The maximum atomic E-state index is 14.7. The third kappa shape index (κ3) is 13.1. The molecule has 1 saturated heterocycles. The zero-order valence-electron chi connectivity index (χ0n) is 36.9. The van der Waals surface area contributed by atoms with Crippen molar-refractivity contribution >= 4 is 23.9 Å². The fourth-order valence-corrected chi connectivity index (χ4v) is 7.88. The largest absolute Gasteiger partial charge is 0.453 e. The third-order valence-electron chi connectivity index (χ3n) is 11.0. The van der Waals surface area contributed by atoms with E-state index in [2.05, 4.69) is 25.9 Å². The molecule has 5 atom stereocenters. The number of ether oxygens (including phenoxy) is 1. The summed E-state index contributed by atoms with van der Waals surface area (Å²) in [7, 11) is 1.24. The molecule has 4 N–H and O–H groups in total.